The molecule has 0 aromatic carbocycles. The molecule has 28 heavy (non-hydrogen) atoms. The molecule has 3 saturated carbocycles. The zero-order valence-corrected chi connectivity index (χ0v) is 16.9. The number of carbonyl (C=O) groups is 1. The van der Waals surface area contributed by atoms with Crippen LogP contribution in [0.3, 0.4) is 0 Å². The Morgan fingerprint density at radius 1 is 1.36 bits per heavy atom. The summed E-state index contributed by atoms with van der Waals surface area (Å²) in [6.45, 7) is 9.21. The highest BCUT2D eigenvalue weighted by Gasteiger charge is 2.74. The molecule has 0 spiro atoms. The molecule has 0 heterocycles. The second-order valence-corrected chi connectivity index (χ2v) is 9.93. The van der Waals surface area contributed by atoms with Crippen molar-refractivity contribution in [3.8, 4) is 0 Å². The van der Waals surface area contributed by atoms with Gasteiger partial charge in [0.15, 0.2) is 11.5 Å². The van der Waals surface area contributed by atoms with E-state index in [1.165, 1.54) is 12.2 Å². The number of aliphatic hydroxyl groups excluding tert-OH is 2. The fourth-order valence-corrected chi connectivity index (χ4v) is 7.42. The third-order valence-electron chi connectivity index (χ3n) is 8.95. The van der Waals surface area contributed by atoms with Crippen LogP contribution in [0.25, 0.3) is 0 Å². The largest absolute Gasteiger partial charge is 0.392 e. The van der Waals surface area contributed by atoms with Crippen molar-refractivity contribution in [3.63, 3.8) is 0 Å². The van der Waals surface area contributed by atoms with Gasteiger partial charge in [-0.3, -0.25) is 4.79 Å². The van der Waals surface area contributed by atoms with Crippen LogP contribution in [0, 0.1) is 28.6 Å². The molecule has 4 rings (SSSR count). The minimum atomic E-state index is -1.90. The van der Waals surface area contributed by atoms with Gasteiger partial charge >= 0.3 is 0 Å². The third-order valence-corrected chi connectivity index (χ3v) is 8.95. The highest BCUT2D eigenvalue weighted by atomic mass is 19.1. The minimum absolute atomic E-state index is 0.0924. The van der Waals surface area contributed by atoms with Crippen LogP contribution in [-0.2, 0) is 4.79 Å². The molecule has 4 aliphatic rings. The minimum Gasteiger partial charge on any atom is -0.392 e. The van der Waals surface area contributed by atoms with Crippen molar-refractivity contribution in [1.82, 2.24) is 0 Å². The van der Waals surface area contributed by atoms with Crippen molar-refractivity contribution in [2.24, 2.45) is 28.6 Å². The maximum absolute atomic E-state index is 16.9. The number of alkyl halides is 1. The number of rotatable bonds is 2. The summed E-state index contributed by atoms with van der Waals surface area (Å²) >= 11 is 0. The molecule has 0 amide bonds. The second kappa shape index (κ2) is 5.87. The van der Waals surface area contributed by atoms with E-state index >= 15 is 4.39 Å². The van der Waals surface area contributed by atoms with Crippen molar-refractivity contribution < 1.29 is 24.5 Å². The number of carbonyl (C=O) groups excluding carboxylic acids is 1. The second-order valence-electron chi connectivity index (χ2n) is 9.93. The van der Waals surface area contributed by atoms with Gasteiger partial charge in [-0.25, -0.2) is 4.39 Å². The van der Waals surface area contributed by atoms with E-state index in [-0.39, 0.29) is 30.6 Å². The Balaban J connectivity index is 1.84. The summed E-state index contributed by atoms with van der Waals surface area (Å²) in [5.41, 5.74) is -3.94. The molecular formula is C23H31FO4. The molecule has 8 atom stereocenters. The quantitative estimate of drug-likeness (QED) is 0.634. The Hall–Kier alpha value is -1.30. The van der Waals surface area contributed by atoms with Gasteiger partial charge in [0.05, 0.1) is 18.3 Å². The van der Waals surface area contributed by atoms with E-state index in [0.29, 0.717) is 24.8 Å². The van der Waals surface area contributed by atoms with Gasteiger partial charge in [-0.1, -0.05) is 32.1 Å². The Bertz CT molecular complexity index is 802. The van der Waals surface area contributed by atoms with Crippen LogP contribution < -0.4 is 0 Å². The van der Waals surface area contributed by atoms with Crippen LogP contribution in [0.1, 0.15) is 46.5 Å². The van der Waals surface area contributed by atoms with Gasteiger partial charge in [0, 0.05) is 16.7 Å². The van der Waals surface area contributed by atoms with Gasteiger partial charge in [0.1, 0.15) is 0 Å². The molecule has 0 aliphatic heterocycles. The smallest absolute Gasteiger partial charge is 0.178 e. The Morgan fingerprint density at radius 2 is 2.04 bits per heavy atom. The topological polar surface area (TPSA) is 77.8 Å². The van der Waals surface area contributed by atoms with E-state index < -0.39 is 34.1 Å². The molecule has 4 nitrogen and oxygen atoms in total. The summed E-state index contributed by atoms with van der Waals surface area (Å²) in [4.78, 5) is 11.9. The monoisotopic (exact) mass is 390 g/mol. The zero-order valence-electron chi connectivity index (χ0n) is 16.9. The van der Waals surface area contributed by atoms with E-state index in [4.69, 9.17) is 0 Å². The first kappa shape index (κ1) is 20.0. The predicted molar refractivity (Wildman–Crippen MR) is 104 cm³/mol. The maximum atomic E-state index is 16.9. The first-order valence-electron chi connectivity index (χ1n) is 10.3. The van der Waals surface area contributed by atoms with E-state index in [1.54, 1.807) is 13.0 Å². The highest BCUT2D eigenvalue weighted by Crippen LogP contribution is 2.71. The number of fused-ring (bicyclic) bond motifs is 5. The zero-order chi connectivity index (χ0) is 20.7. The average Bonchev–Trinajstić information content (AvgIpc) is 2.84. The van der Waals surface area contributed by atoms with Gasteiger partial charge in [0.2, 0.25) is 0 Å². The summed E-state index contributed by atoms with van der Waals surface area (Å²) in [7, 11) is 0. The number of allylic oxidation sites excluding steroid dienone is 4. The van der Waals surface area contributed by atoms with Crippen LogP contribution >= 0.6 is 0 Å². The number of hydrogen-bond acceptors (Lipinski definition) is 4. The lowest BCUT2D eigenvalue weighted by atomic mass is 9.44. The van der Waals surface area contributed by atoms with Crippen molar-refractivity contribution in [2.45, 2.75) is 63.8 Å². The summed E-state index contributed by atoms with van der Waals surface area (Å²) in [5.74, 6) is -0.907. The normalized spacial score (nSPS) is 52.5. The first-order valence-corrected chi connectivity index (χ1v) is 10.3. The van der Waals surface area contributed by atoms with Gasteiger partial charge in [-0.2, -0.15) is 0 Å². The predicted octanol–water partition coefficient (Wildman–Crippen LogP) is 2.88. The van der Waals surface area contributed by atoms with E-state index in [0.717, 1.165) is 5.57 Å². The molecule has 0 unspecified atom stereocenters. The molecule has 0 aromatic rings. The van der Waals surface area contributed by atoms with Gasteiger partial charge in [-0.15, -0.1) is 0 Å². The lowest BCUT2D eigenvalue weighted by Gasteiger charge is -2.63. The highest BCUT2D eigenvalue weighted by molar-refractivity contribution is 6.01. The molecule has 0 radical (unpaired) electrons. The van der Waals surface area contributed by atoms with Crippen LogP contribution in [0.2, 0.25) is 0 Å². The van der Waals surface area contributed by atoms with Crippen LogP contribution in [0.5, 0.6) is 0 Å². The summed E-state index contributed by atoms with van der Waals surface area (Å²) < 4.78 is 16.9. The van der Waals surface area contributed by atoms with E-state index in [9.17, 15) is 20.1 Å². The standard InChI is InChI=1S/C23H31FO4/c1-13-9-18-17-6-5-15-10-16(26)7-8-20(15,3)22(17,24)19(27)11-21(18,4)23(13,28)14(2)12-25/h7-8,10,13,17-19,25,27-28H,2,5-6,9,11-12H2,1,3-4H3/t13-,17-,18-,19-,20-,21-,22-,23-/m0/s1. The Morgan fingerprint density at radius 3 is 2.68 bits per heavy atom. The lowest BCUT2D eigenvalue weighted by molar-refractivity contribution is -0.214. The van der Waals surface area contributed by atoms with Gasteiger partial charge in [-0.05, 0) is 62.2 Å². The van der Waals surface area contributed by atoms with Crippen molar-refractivity contribution in [2.75, 3.05) is 6.61 Å². The fourth-order valence-electron chi connectivity index (χ4n) is 7.42. The Kier molecular flexibility index (Phi) is 4.19. The Labute approximate surface area is 165 Å². The molecule has 0 aromatic heterocycles. The molecule has 0 saturated heterocycles. The van der Waals surface area contributed by atoms with E-state index in [1.807, 2.05) is 13.8 Å². The number of halogens is 1. The number of ketones is 1. The van der Waals surface area contributed by atoms with Crippen LogP contribution in [0.4, 0.5) is 4.39 Å². The fraction of sp³-hybridized carbons (Fsp3) is 0.696. The van der Waals surface area contributed by atoms with Crippen molar-refractivity contribution >= 4 is 5.78 Å². The summed E-state index contributed by atoms with van der Waals surface area (Å²) in [5, 5.41) is 32.5. The van der Waals surface area contributed by atoms with Gasteiger partial charge in [0.25, 0.3) is 0 Å². The summed E-state index contributed by atoms with van der Waals surface area (Å²) in [6, 6.07) is 0. The molecule has 154 valence electrons. The molecule has 4 aliphatic carbocycles. The molecule has 3 N–H and O–H groups in total. The maximum Gasteiger partial charge on any atom is 0.178 e. The van der Waals surface area contributed by atoms with Crippen LogP contribution in [-0.4, -0.2) is 45.1 Å². The molecule has 3 fully saturated rings. The molecule has 5 heteroatoms. The third kappa shape index (κ3) is 2.03. The van der Waals surface area contributed by atoms with Crippen LogP contribution in [0.15, 0.2) is 36.0 Å². The van der Waals surface area contributed by atoms with E-state index in [2.05, 4.69) is 6.58 Å². The summed E-state index contributed by atoms with van der Waals surface area (Å²) in [6.07, 6.45) is 5.14. The number of aliphatic hydroxyl groups is 3. The van der Waals surface area contributed by atoms with Crippen molar-refractivity contribution in [3.05, 3.63) is 36.0 Å². The first-order chi connectivity index (χ1) is 13.0. The lowest BCUT2D eigenvalue weighted by Crippen LogP contribution is -2.68. The molecular weight excluding hydrogens is 359 g/mol. The average molecular weight is 390 g/mol. The van der Waals surface area contributed by atoms with Crippen molar-refractivity contribution in [1.29, 1.82) is 0 Å². The SMILES string of the molecule is C=C(CO)[C@@]1(O)[C@@H](C)C[C@H]2[C@@H]3CCC4=CC(=O)C=C[C@]4(C)[C@@]3(F)[C@@H](O)C[C@@]21C. The molecule has 0 bridgehead atoms. The van der Waals surface area contributed by atoms with Gasteiger partial charge < -0.3 is 15.3 Å². The number of hydrogen-bond donors (Lipinski definition) is 3.